The predicted molar refractivity (Wildman–Crippen MR) is 108 cm³/mol. The number of carbonyl (C=O) groups excluding carboxylic acids is 1. The quantitative estimate of drug-likeness (QED) is 0.675. The van der Waals surface area contributed by atoms with Crippen LogP contribution in [0.1, 0.15) is 41.2 Å². The fourth-order valence-electron chi connectivity index (χ4n) is 3.77. The molecule has 28 heavy (non-hydrogen) atoms. The van der Waals surface area contributed by atoms with Crippen LogP contribution in [0.4, 0.5) is 0 Å². The zero-order valence-corrected chi connectivity index (χ0v) is 15.9. The number of benzene rings is 2. The molecule has 2 heterocycles. The van der Waals surface area contributed by atoms with Crippen LogP contribution in [0.5, 0.6) is 5.75 Å². The molecule has 142 valence electrons. The van der Waals surface area contributed by atoms with Crippen LogP contribution in [0, 0.1) is 0 Å². The fraction of sp³-hybridized carbons (Fsp3) is 0.261. The zero-order chi connectivity index (χ0) is 19.3. The van der Waals surface area contributed by atoms with Crippen molar-refractivity contribution in [3.05, 3.63) is 78.2 Å². The van der Waals surface area contributed by atoms with E-state index in [1.807, 2.05) is 47.4 Å². The molecule has 3 aromatic rings. The molecule has 0 bridgehead atoms. The maximum atomic E-state index is 13.3. The van der Waals surface area contributed by atoms with Crippen LogP contribution in [0.2, 0.25) is 0 Å². The minimum Gasteiger partial charge on any atom is -0.497 e. The van der Waals surface area contributed by atoms with E-state index in [4.69, 9.17) is 4.74 Å². The summed E-state index contributed by atoms with van der Waals surface area (Å²) >= 11 is 0. The summed E-state index contributed by atoms with van der Waals surface area (Å²) in [6.07, 6.45) is 8.16. The summed E-state index contributed by atoms with van der Waals surface area (Å²) in [5, 5.41) is 0. The van der Waals surface area contributed by atoms with Gasteiger partial charge in [-0.3, -0.25) is 14.8 Å². The summed E-state index contributed by atoms with van der Waals surface area (Å²) in [6, 6.07) is 15.7. The number of likely N-dealkylation sites (tertiary alicyclic amines) is 1. The van der Waals surface area contributed by atoms with Gasteiger partial charge in [-0.25, -0.2) is 0 Å². The van der Waals surface area contributed by atoms with Gasteiger partial charge < -0.3 is 9.64 Å². The fourth-order valence-corrected chi connectivity index (χ4v) is 3.77. The summed E-state index contributed by atoms with van der Waals surface area (Å²) < 4.78 is 5.37. The van der Waals surface area contributed by atoms with E-state index in [0.717, 1.165) is 48.4 Å². The van der Waals surface area contributed by atoms with Crippen LogP contribution < -0.4 is 4.74 Å². The van der Waals surface area contributed by atoms with Gasteiger partial charge in [0.1, 0.15) is 5.75 Å². The van der Waals surface area contributed by atoms with E-state index in [-0.39, 0.29) is 11.9 Å². The first-order valence-corrected chi connectivity index (χ1v) is 9.57. The summed E-state index contributed by atoms with van der Waals surface area (Å²) in [7, 11) is 1.67. The number of amides is 1. The molecule has 2 aromatic carbocycles. The van der Waals surface area contributed by atoms with Gasteiger partial charge in [-0.2, -0.15) is 0 Å². The Kier molecular flexibility index (Phi) is 5.33. The van der Waals surface area contributed by atoms with E-state index in [1.54, 1.807) is 25.7 Å². The van der Waals surface area contributed by atoms with Gasteiger partial charge in [-0.15, -0.1) is 0 Å². The van der Waals surface area contributed by atoms with Crippen molar-refractivity contribution in [2.24, 2.45) is 0 Å². The molecule has 1 fully saturated rings. The minimum atomic E-state index is 0.0678. The van der Waals surface area contributed by atoms with E-state index < -0.39 is 0 Å². The molecule has 1 atom stereocenters. The molecule has 5 heteroatoms. The molecule has 1 aliphatic heterocycles. The number of hydrogen-bond donors (Lipinski definition) is 0. The monoisotopic (exact) mass is 373 g/mol. The van der Waals surface area contributed by atoms with Crippen molar-refractivity contribution >= 4 is 5.91 Å². The average Bonchev–Trinajstić information content (AvgIpc) is 2.79. The number of methoxy groups -OCH3 is 1. The maximum Gasteiger partial charge on any atom is 0.254 e. The van der Waals surface area contributed by atoms with E-state index in [9.17, 15) is 4.79 Å². The SMILES string of the molecule is COc1cccc([C@H]2CCCCN2C(=O)c2ccc(-c3cnccn3)cc2)c1. The average molecular weight is 373 g/mol. The molecule has 1 saturated heterocycles. The number of aromatic nitrogens is 2. The zero-order valence-electron chi connectivity index (χ0n) is 15.9. The molecule has 0 saturated carbocycles. The molecule has 0 radical (unpaired) electrons. The summed E-state index contributed by atoms with van der Waals surface area (Å²) in [4.78, 5) is 23.7. The number of hydrogen-bond acceptors (Lipinski definition) is 4. The van der Waals surface area contributed by atoms with E-state index >= 15 is 0 Å². The van der Waals surface area contributed by atoms with Gasteiger partial charge in [0.25, 0.3) is 5.91 Å². The molecule has 0 N–H and O–H groups in total. The van der Waals surface area contributed by atoms with Gasteiger partial charge in [-0.05, 0) is 49.1 Å². The summed E-state index contributed by atoms with van der Waals surface area (Å²) in [5.74, 6) is 0.891. The van der Waals surface area contributed by atoms with Crippen molar-refractivity contribution in [3.8, 4) is 17.0 Å². The Bertz CT molecular complexity index is 942. The van der Waals surface area contributed by atoms with Crippen LogP contribution in [-0.2, 0) is 0 Å². The third-order valence-corrected chi connectivity index (χ3v) is 5.23. The smallest absolute Gasteiger partial charge is 0.254 e. The highest BCUT2D eigenvalue weighted by Gasteiger charge is 2.29. The van der Waals surface area contributed by atoms with Crippen molar-refractivity contribution < 1.29 is 9.53 Å². The molecule has 1 amide bonds. The number of carbonyl (C=O) groups is 1. The van der Waals surface area contributed by atoms with Crippen molar-refractivity contribution in [1.82, 2.24) is 14.9 Å². The Hall–Kier alpha value is -3.21. The van der Waals surface area contributed by atoms with Gasteiger partial charge in [0.15, 0.2) is 0 Å². The van der Waals surface area contributed by atoms with Crippen LogP contribution in [0.15, 0.2) is 67.1 Å². The first kappa shape index (κ1) is 18.2. The lowest BCUT2D eigenvalue weighted by Gasteiger charge is -2.36. The van der Waals surface area contributed by atoms with Gasteiger partial charge in [0, 0.05) is 30.1 Å². The summed E-state index contributed by atoms with van der Waals surface area (Å²) in [5.41, 5.74) is 3.58. The Morgan fingerprint density at radius 1 is 1.11 bits per heavy atom. The van der Waals surface area contributed by atoms with E-state index in [0.29, 0.717) is 5.56 Å². The van der Waals surface area contributed by atoms with Crippen molar-refractivity contribution in [1.29, 1.82) is 0 Å². The molecule has 0 unspecified atom stereocenters. The van der Waals surface area contributed by atoms with Gasteiger partial charge >= 0.3 is 0 Å². The first-order chi connectivity index (χ1) is 13.8. The lowest BCUT2D eigenvalue weighted by Crippen LogP contribution is -2.38. The Morgan fingerprint density at radius 3 is 2.71 bits per heavy atom. The van der Waals surface area contributed by atoms with Crippen LogP contribution in [0.25, 0.3) is 11.3 Å². The standard InChI is InChI=1S/C23H23N3O2/c1-28-20-6-4-5-19(15-20)22-7-2-3-14-26(22)23(27)18-10-8-17(9-11-18)21-16-24-12-13-25-21/h4-6,8-13,15-16,22H,2-3,7,14H2,1H3/t22-/m1/s1. The molecule has 4 rings (SSSR count). The molecule has 0 spiro atoms. The van der Waals surface area contributed by atoms with Crippen molar-refractivity contribution in [3.63, 3.8) is 0 Å². The highest BCUT2D eigenvalue weighted by Crippen LogP contribution is 2.33. The van der Waals surface area contributed by atoms with E-state index in [1.165, 1.54) is 0 Å². The third-order valence-electron chi connectivity index (χ3n) is 5.23. The van der Waals surface area contributed by atoms with Gasteiger partial charge in [0.05, 0.1) is 25.0 Å². The lowest BCUT2D eigenvalue weighted by atomic mass is 9.94. The van der Waals surface area contributed by atoms with Crippen LogP contribution in [0.3, 0.4) is 0 Å². The largest absolute Gasteiger partial charge is 0.497 e. The van der Waals surface area contributed by atoms with Crippen molar-refractivity contribution in [2.45, 2.75) is 25.3 Å². The molecule has 5 nitrogen and oxygen atoms in total. The lowest BCUT2D eigenvalue weighted by molar-refractivity contribution is 0.0611. The molecule has 1 aliphatic rings. The normalized spacial score (nSPS) is 16.6. The third kappa shape index (κ3) is 3.74. The Labute approximate surface area is 165 Å². The van der Waals surface area contributed by atoms with Gasteiger partial charge in [0.2, 0.25) is 0 Å². The van der Waals surface area contributed by atoms with Crippen LogP contribution >= 0.6 is 0 Å². The number of rotatable bonds is 4. The van der Waals surface area contributed by atoms with Crippen LogP contribution in [-0.4, -0.2) is 34.4 Å². The predicted octanol–water partition coefficient (Wildman–Crippen LogP) is 4.52. The number of piperidine rings is 1. The van der Waals surface area contributed by atoms with Gasteiger partial charge in [-0.1, -0.05) is 24.3 Å². The molecule has 0 aliphatic carbocycles. The maximum absolute atomic E-state index is 13.3. The molecular formula is C23H23N3O2. The topological polar surface area (TPSA) is 55.3 Å². The second-order valence-electron chi connectivity index (χ2n) is 6.95. The second-order valence-corrected chi connectivity index (χ2v) is 6.95. The Balaban J connectivity index is 1.58. The number of nitrogens with zero attached hydrogens (tertiary/aromatic N) is 3. The Morgan fingerprint density at radius 2 is 1.96 bits per heavy atom. The highest BCUT2D eigenvalue weighted by atomic mass is 16.5. The number of ether oxygens (including phenoxy) is 1. The summed E-state index contributed by atoms with van der Waals surface area (Å²) in [6.45, 7) is 0.770. The van der Waals surface area contributed by atoms with Crippen molar-refractivity contribution in [2.75, 3.05) is 13.7 Å². The minimum absolute atomic E-state index is 0.0678. The molecular weight excluding hydrogens is 350 g/mol. The highest BCUT2D eigenvalue weighted by molar-refractivity contribution is 5.95. The first-order valence-electron chi connectivity index (χ1n) is 9.57. The van der Waals surface area contributed by atoms with E-state index in [2.05, 4.69) is 16.0 Å². The molecule has 1 aromatic heterocycles. The second kappa shape index (κ2) is 8.21.